The van der Waals surface area contributed by atoms with Crippen molar-refractivity contribution >= 4 is 17.5 Å². The smallest absolute Gasteiger partial charge is 0.238 e. The van der Waals surface area contributed by atoms with Gasteiger partial charge in [0.2, 0.25) is 11.8 Å². The van der Waals surface area contributed by atoms with E-state index in [0.717, 1.165) is 5.75 Å². The van der Waals surface area contributed by atoms with Crippen LogP contribution in [0.25, 0.3) is 0 Å². The summed E-state index contributed by atoms with van der Waals surface area (Å²) in [6.07, 6.45) is 3.42. The van der Waals surface area contributed by atoms with Crippen LogP contribution in [-0.2, 0) is 15.0 Å². The maximum Gasteiger partial charge on any atom is 0.238 e. The van der Waals surface area contributed by atoms with Crippen LogP contribution in [0.3, 0.4) is 0 Å². The summed E-state index contributed by atoms with van der Waals surface area (Å²) in [5, 5.41) is 0. The number of fused-ring (bicyclic) bond motifs is 1. The Bertz CT molecular complexity index is 965. The summed E-state index contributed by atoms with van der Waals surface area (Å²) in [5.74, 6) is 0.820. The molecule has 150 valence electrons. The molecule has 1 aliphatic carbocycles. The molecule has 0 N–H and O–H groups in total. The van der Waals surface area contributed by atoms with E-state index in [-0.39, 0.29) is 29.1 Å². The summed E-state index contributed by atoms with van der Waals surface area (Å²) in [7, 11) is 0. The molecule has 29 heavy (non-hydrogen) atoms. The van der Waals surface area contributed by atoms with Gasteiger partial charge in [-0.2, -0.15) is 0 Å². The largest absolute Gasteiger partial charge is 0.457 e. The number of nitrogens with zero attached hydrogens (tertiary/aromatic N) is 1. The molecule has 4 nitrogen and oxygen atoms in total. The normalized spacial score (nSPS) is 21.8. The van der Waals surface area contributed by atoms with E-state index in [4.69, 9.17) is 4.74 Å². The van der Waals surface area contributed by atoms with Crippen molar-refractivity contribution in [1.29, 1.82) is 0 Å². The first-order valence-corrected chi connectivity index (χ1v) is 10.2. The number of hydrogen-bond acceptors (Lipinski definition) is 3. The molecule has 2 aromatic rings. The van der Waals surface area contributed by atoms with Gasteiger partial charge in [-0.15, -0.1) is 0 Å². The maximum absolute atomic E-state index is 12.8. The highest BCUT2D eigenvalue weighted by Gasteiger charge is 2.48. The first-order chi connectivity index (χ1) is 13.7. The molecule has 2 aliphatic rings. The molecular weight excluding hydrogens is 362 g/mol. The van der Waals surface area contributed by atoms with Crippen LogP contribution in [0.2, 0.25) is 0 Å². The van der Waals surface area contributed by atoms with Gasteiger partial charge in [0.1, 0.15) is 11.5 Å². The minimum atomic E-state index is -0.219. The molecule has 0 unspecified atom stereocenters. The fourth-order valence-corrected chi connectivity index (χ4v) is 4.11. The van der Waals surface area contributed by atoms with Gasteiger partial charge in [0.15, 0.2) is 0 Å². The zero-order valence-electron chi connectivity index (χ0n) is 17.4. The Kier molecular flexibility index (Phi) is 4.81. The second kappa shape index (κ2) is 7.18. The van der Waals surface area contributed by atoms with Crippen LogP contribution in [0.1, 0.15) is 46.1 Å². The highest BCUT2D eigenvalue weighted by molar-refractivity contribution is 6.22. The Morgan fingerprint density at radius 3 is 2.00 bits per heavy atom. The molecule has 2 amide bonds. The van der Waals surface area contributed by atoms with Crippen LogP contribution in [0.4, 0.5) is 5.69 Å². The number of benzene rings is 2. The Labute approximate surface area is 172 Å². The van der Waals surface area contributed by atoms with Gasteiger partial charge in [-0.05, 0) is 67.1 Å². The van der Waals surface area contributed by atoms with Crippen molar-refractivity contribution in [3.63, 3.8) is 0 Å². The lowest BCUT2D eigenvalue weighted by molar-refractivity contribution is -0.122. The molecule has 0 aromatic heterocycles. The molecule has 4 heteroatoms. The number of allylic oxidation sites excluding steroid dienone is 2. The van der Waals surface area contributed by atoms with Crippen LogP contribution in [0.15, 0.2) is 60.2 Å². The van der Waals surface area contributed by atoms with E-state index >= 15 is 0 Å². The summed E-state index contributed by atoms with van der Waals surface area (Å²) in [4.78, 5) is 27.0. The molecule has 0 saturated carbocycles. The predicted octanol–water partition coefficient (Wildman–Crippen LogP) is 5.62. The van der Waals surface area contributed by atoms with Crippen LogP contribution in [0.5, 0.6) is 11.5 Å². The van der Waals surface area contributed by atoms with Crippen molar-refractivity contribution in [1.82, 2.24) is 0 Å². The van der Waals surface area contributed by atoms with Crippen molar-refractivity contribution in [3.05, 3.63) is 65.7 Å². The Balaban J connectivity index is 1.48. The monoisotopic (exact) mass is 389 g/mol. The molecule has 2 aromatic carbocycles. The number of anilines is 1. The summed E-state index contributed by atoms with van der Waals surface area (Å²) in [6, 6.07) is 15.2. The zero-order chi connectivity index (χ0) is 20.8. The molecule has 1 heterocycles. The van der Waals surface area contributed by atoms with Gasteiger partial charge in [-0.1, -0.05) is 44.6 Å². The summed E-state index contributed by atoms with van der Waals surface area (Å²) < 4.78 is 5.93. The average molecular weight is 389 g/mol. The molecule has 1 saturated heterocycles. The number of rotatable bonds is 3. The molecular formula is C25H27NO3. The van der Waals surface area contributed by atoms with E-state index in [1.54, 1.807) is 24.3 Å². The zero-order valence-corrected chi connectivity index (χ0v) is 17.4. The van der Waals surface area contributed by atoms with Crippen molar-refractivity contribution in [2.45, 2.75) is 46.0 Å². The fourth-order valence-electron chi connectivity index (χ4n) is 4.11. The van der Waals surface area contributed by atoms with Crippen molar-refractivity contribution in [2.24, 2.45) is 11.8 Å². The summed E-state index contributed by atoms with van der Waals surface area (Å²) in [5.41, 5.74) is 3.15. The van der Waals surface area contributed by atoms with Gasteiger partial charge in [0.25, 0.3) is 0 Å². The number of carbonyl (C=O) groups excluding carboxylic acids is 2. The Morgan fingerprint density at radius 2 is 1.41 bits per heavy atom. The lowest BCUT2D eigenvalue weighted by Gasteiger charge is -2.19. The molecule has 1 fully saturated rings. The van der Waals surface area contributed by atoms with Crippen LogP contribution < -0.4 is 9.64 Å². The van der Waals surface area contributed by atoms with Gasteiger partial charge in [0, 0.05) is 0 Å². The van der Waals surface area contributed by atoms with Gasteiger partial charge in [0.05, 0.1) is 17.5 Å². The van der Waals surface area contributed by atoms with Gasteiger partial charge < -0.3 is 4.74 Å². The summed E-state index contributed by atoms with van der Waals surface area (Å²) >= 11 is 0. The quantitative estimate of drug-likeness (QED) is 0.505. The second-order valence-electron chi connectivity index (χ2n) is 9.09. The molecule has 2 atom stereocenters. The minimum absolute atomic E-state index is 0.0844. The number of amides is 2. The molecule has 0 radical (unpaired) electrons. The van der Waals surface area contributed by atoms with E-state index in [2.05, 4.69) is 39.0 Å². The fraction of sp³-hybridized carbons (Fsp3) is 0.360. The molecule has 0 spiro atoms. The first-order valence-electron chi connectivity index (χ1n) is 10.2. The van der Waals surface area contributed by atoms with Gasteiger partial charge in [-0.3, -0.25) is 14.5 Å². The maximum atomic E-state index is 12.8. The average Bonchev–Trinajstić information content (AvgIpc) is 2.92. The second-order valence-corrected chi connectivity index (χ2v) is 9.09. The third-order valence-electron chi connectivity index (χ3n) is 5.87. The number of ether oxygens (including phenoxy) is 1. The number of carbonyl (C=O) groups is 2. The molecule has 0 bridgehead atoms. The number of imide groups is 1. The van der Waals surface area contributed by atoms with Crippen molar-refractivity contribution in [3.8, 4) is 11.5 Å². The highest BCUT2D eigenvalue weighted by atomic mass is 16.5. The van der Waals surface area contributed by atoms with Gasteiger partial charge in [-0.25, -0.2) is 0 Å². The SMILES string of the molecule is CC1=CC[C@@H]2C(=O)N(c3ccc(Oc4ccc(C(C)(C)C)cc4)cc3)C(=O)[C@H]2C1. The van der Waals surface area contributed by atoms with Crippen LogP contribution in [0, 0.1) is 11.8 Å². The Morgan fingerprint density at radius 1 is 0.862 bits per heavy atom. The lowest BCUT2D eigenvalue weighted by Crippen LogP contribution is -2.30. The lowest BCUT2D eigenvalue weighted by atomic mass is 9.82. The minimum Gasteiger partial charge on any atom is -0.457 e. The number of hydrogen-bond donors (Lipinski definition) is 0. The molecule has 4 rings (SSSR count). The van der Waals surface area contributed by atoms with E-state index in [1.807, 2.05) is 19.1 Å². The first kappa shape index (κ1) is 19.4. The van der Waals surface area contributed by atoms with E-state index in [1.165, 1.54) is 16.0 Å². The van der Waals surface area contributed by atoms with Crippen molar-refractivity contribution < 1.29 is 14.3 Å². The van der Waals surface area contributed by atoms with E-state index < -0.39 is 0 Å². The van der Waals surface area contributed by atoms with E-state index in [0.29, 0.717) is 24.3 Å². The third-order valence-corrected chi connectivity index (χ3v) is 5.87. The van der Waals surface area contributed by atoms with Gasteiger partial charge >= 0.3 is 0 Å². The van der Waals surface area contributed by atoms with Crippen molar-refractivity contribution in [2.75, 3.05) is 4.90 Å². The summed E-state index contributed by atoms with van der Waals surface area (Å²) in [6.45, 7) is 8.55. The standard InChI is InChI=1S/C25H27NO3/c1-16-5-14-21-22(15-16)24(28)26(23(21)27)18-8-12-20(13-9-18)29-19-10-6-17(7-11-19)25(2,3)4/h5-13,21-22H,14-15H2,1-4H3/t21-,22-/m0/s1. The highest BCUT2D eigenvalue weighted by Crippen LogP contribution is 2.40. The van der Waals surface area contributed by atoms with Crippen LogP contribution in [-0.4, -0.2) is 11.8 Å². The Hall–Kier alpha value is -2.88. The van der Waals surface area contributed by atoms with E-state index in [9.17, 15) is 9.59 Å². The molecule has 1 aliphatic heterocycles. The third kappa shape index (κ3) is 3.71. The topological polar surface area (TPSA) is 46.6 Å². The van der Waals surface area contributed by atoms with Crippen LogP contribution >= 0.6 is 0 Å². The predicted molar refractivity (Wildman–Crippen MR) is 114 cm³/mol.